The molecule has 0 radical (unpaired) electrons. The number of aliphatic imine (C=N–C) groups is 2. The van der Waals surface area contributed by atoms with E-state index in [0.717, 1.165) is 81.3 Å². The molecule has 5 aliphatic heterocycles. The summed E-state index contributed by atoms with van der Waals surface area (Å²) in [6, 6.07) is 14.1. The van der Waals surface area contributed by atoms with Crippen molar-refractivity contribution in [3.63, 3.8) is 0 Å². The first-order valence-corrected chi connectivity index (χ1v) is 28.0. The summed E-state index contributed by atoms with van der Waals surface area (Å²) in [5.41, 5.74) is 4.33. The number of nitro groups is 1. The molecule has 5 heterocycles. The lowest BCUT2D eigenvalue weighted by Gasteiger charge is -2.56. The van der Waals surface area contributed by atoms with Crippen molar-refractivity contribution in [2.75, 3.05) is 43.6 Å². The van der Waals surface area contributed by atoms with Crippen LogP contribution in [-0.4, -0.2) is 103 Å². The van der Waals surface area contributed by atoms with Gasteiger partial charge < -0.3 is 15.0 Å². The number of ether oxygens (including phenoxy) is 1. The third-order valence-electron chi connectivity index (χ3n) is 15.4. The summed E-state index contributed by atoms with van der Waals surface area (Å²) in [5.74, 6) is 1.55. The van der Waals surface area contributed by atoms with E-state index in [2.05, 4.69) is 63.8 Å². The van der Waals surface area contributed by atoms with Gasteiger partial charge in [0.1, 0.15) is 22.2 Å². The highest BCUT2D eigenvalue weighted by atomic mass is 32.2. The van der Waals surface area contributed by atoms with Crippen molar-refractivity contribution in [1.82, 2.24) is 20.3 Å². The van der Waals surface area contributed by atoms with Gasteiger partial charge >= 0.3 is 0 Å². The minimum Gasteiger partial charge on any atom is -0.459 e. The first-order chi connectivity index (χ1) is 32.2. The number of allylic oxidation sites excluding steroid dienone is 2. The van der Waals surface area contributed by atoms with Crippen molar-refractivity contribution in [2.24, 2.45) is 31.6 Å². The number of hydrogen-bond donors (Lipinski definition) is 3. The monoisotopic (exact) mass is 953 g/mol. The topological polar surface area (TPSA) is 200 Å². The third-order valence-corrected chi connectivity index (χ3v) is 17.6. The SMILES string of the molecule is CS(C)(=O)=NC1CCC(CNC2N=CC(S(=O)(=O)NC(=O)c3ccc(N4CCC5(CC4)CC(N4CCC[C@@H]4c4ccccc4C4CC4)C5)cc3OC3=CN=C4NC=CC4C3)=CC2[N+](=O)[O-])CC1. The quantitative estimate of drug-likeness (QED) is 0.133. The van der Waals surface area contributed by atoms with Crippen LogP contribution in [0, 0.1) is 27.4 Å². The lowest BCUT2D eigenvalue weighted by Crippen LogP contribution is -2.54. The van der Waals surface area contributed by atoms with E-state index in [0.29, 0.717) is 36.2 Å². The zero-order valence-electron chi connectivity index (χ0n) is 38.4. The third kappa shape index (κ3) is 10.1. The van der Waals surface area contributed by atoms with Crippen molar-refractivity contribution in [1.29, 1.82) is 0 Å². The highest BCUT2D eigenvalue weighted by Gasteiger charge is 2.50. The number of carbonyl (C=O) groups excluding carboxylic acids is 1. The Kier molecular flexibility index (Phi) is 12.7. The summed E-state index contributed by atoms with van der Waals surface area (Å²) >= 11 is 0. The number of dihydropyridines is 1. The fraction of sp³-hybridized carbons (Fsp3) is 0.571. The largest absolute Gasteiger partial charge is 0.459 e. The van der Waals surface area contributed by atoms with Crippen molar-refractivity contribution < 1.29 is 27.1 Å². The highest BCUT2D eigenvalue weighted by Crippen LogP contribution is 2.55. The van der Waals surface area contributed by atoms with Gasteiger partial charge in [-0.2, -0.15) is 0 Å². The molecule has 3 N–H and O–H groups in total. The molecule has 5 fully saturated rings. The molecular weight excluding hydrogens is 891 g/mol. The number of nitrogens with one attached hydrogen (secondary N) is 3. The Balaban J connectivity index is 0.798. The summed E-state index contributed by atoms with van der Waals surface area (Å²) in [4.78, 5) is 39.2. The van der Waals surface area contributed by atoms with Gasteiger partial charge in [-0.3, -0.25) is 34.3 Å². The molecule has 358 valence electrons. The summed E-state index contributed by atoms with van der Waals surface area (Å²) < 4.78 is 52.8. The van der Waals surface area contributed by atoms with Crippen LogP contribution in [0.3, 0.4) is 0 Å². The average Bonchev–Trinajstić information content (AvgIpc) is 3.84. The van der Waals surface area contributed by atoms with Gasteiger partial charge in [0.2, 0.25) is 0 Å². The molecule has 3 unspecified atom stereocenters. The number of benzene rings is 2. The number of fused-ring (bicyclic) bond motifs is 1. The van der Waals surface area contributed by atoms with E-state index in [1.54, 1.807) is 35.9 Å². The van der Waals surface area contributed by atoms with Crippen molar-refractivity contribution in [3.8, 4) is 5.75 Å². The number of rotatable bonds is 14. The van der Waals surface area contributed by atoms with E-state index >= 15 is 0 Å². The van der Waals surface area contributed by atoms with Gasteiger partial charge in [0.05, 0.1) is 17.8 Å². The summed E-state index contributed by atoms with van der Waals surface area (Å²) in [6.45, 7) is 3.33. The molecule has 3 saturated carbocycles. The van der Waals surface area contributed by atoms with Crippen LogP contribution in [0.5, 0.6) is 5.75 Å². The predicted molar refractivity (Wildman–Crippen MR) is 261 cm³/mol. The Morgan fingerprint density at radius 2 is 1.76 bits per heavy atom. The maximum Gasteiger partial charge on any atom is 0.268 e. The number of nitrogens with zero attached hydrogens (tertiary/aromatic N) is 6. The van der Waals surface area contributed by atoms with E-state index in [4.69, 9.17) is 4.74 Å². The van der Waals surface area contributed by atoms with Gasteiger partial charge in [0.25, 0.3) is 22.0 Å². The first kappa shape index (κ1) is 45.9. The smallest absolute Gasteiger partial charge is 0.268 e. The van der Waals surface area contributed by atoms with Crippen LogP contribution < -0.4 is 25.0 Å². The second-order valence-electron chi connectivity index (χ2n) is 20.4. The van der Waals surface area contributed by atoms with Crippen LogP contribution in [0.15, 0.2) is 92.0 Å². The number of amidine groups is 1. The average molecular weight is 954 g/mol. The van der Waals surface area contributed by atoms with Crippen LogP contribution in [0.2, 0.25) is 0 Å². The minimum absolute atomic E-state index is 0.00305. The van der Waals surface area contributed by atoms with Crippen LogP contribution in [0.1, 0.15) is 117 Å². The number of carbonyl (C=O) groups is 1. The van der Waals surface area contributed by atoms with E-state index in [1.165, 1.54) is 45.1 Å². The molecule has 2 aromatic carbocycles. The Morgan fingerprint density at radius 1 is 1.00 bits per heavy atom. The summed E-state index contributed by atoms with van der Waals surface area (Å²) in [7, 11) is -6.79. The normalized spacial score (nSPS) is 28.4. The molecule has 3 aliphatic carbocycles. The van der Waals surface area contributed by atoms with Gasteiger partial charge in [-0.1, -0.05) is 30.3 Å². The predicted octanol–water partition coefficient (Wildman–Crippen LogP) is 6.78. The van der Waals surface area contributed by atoms with E-state index in [9.17, 15) is 27.5 Å². The summed E-state index contributed by atoms with van der Waals surface area (Å²) in [5, 5.41) is 18.6. The van der Waals surface area contributed by atoms with E-state index < -0.39 is 47.7 Å². The lowest BCUT2D eigenvalue weighted by molar-refractivity contribution is -0.513. The molecule has 18 heteroatoms. The van der Waals surface area contributed by atoms with E-state index in [-0.39, 0.29) is 29.2 Å². The zero-order valence-corrected chi connectivity index (χ0v) is 40.1. The van der Waals surface area contributed by atoms with Gasteiger partial charge in [-0.05, 0) is 130 Å². The first-order valence-electron chi connectivity index (χ1n) is 24.2. The molecule has 1 amide bonds. The van der Waals surface area contributed by atoms with Crippen molar-refractivity contribution in [2.45, 2.75) is 120 Å². The molecule has 0 bridgehead atoms. The molecule has 0 aromatic heterocycles. The molecule has 67 heavy (non-hydrogen) atoms. The Morgan fingerprint density at radius 3 is 2.49 bits per heavy atom. The lowest BCUT2D eigenvalue weighted by atomic mass is 9.59. The van der Waals surface area contributed by atoms with Crippen molar-refractivity contribution >= 4 is 43.4 Å². The Hall–Kier alpha value is -4.91. The second-order valence-corrected chi connectivity index (χ2v) is 24.7. The number of likely N-dealkylation sites (tertiary alicyclic amines) is 1. The van der Waals surface area contributed by atoms with Crippen molar-refractivity contribution in [3.05, 3.63) is 104 Å². The highest BCUT2D eigenvalue weighted by molar-refractivity contribution is 7.94. The molecule has 1 spiro atoms. The molecule has 10 rings (SSSR count). The number of sulfonamides is 1. The number of piperidine rings is 1. The van der Waals surface area contributed by atoms with Gasteiger partial charge in [-0.25, -0.2) is 22.5 Å². The number of amides is 1. The molecule has 8 aliphatic rings. The maximum absolute atomic E-state index is 14.0. The van der Waals surface area contributed by atoms with Crippen LogP contribution in [-0.2, 0) is 19.8 Å². The standard InChI is InChI=1S/C49H63N9O7S2/c1-66(2,62)54-35-13-9-32(10-14-35)29-51-47-44(58(60)61)26-39(31-53-47)67(63,64)55-48(59)42-16-15-36(25-45(42)65-38-24-34-17-20-50-46(34)52-30-38)56-22-18-49(19-23-56)27-37(28-49)57-21-5-8-43(57)41-7-4-3-6-40(41)33-11-12-33/h3-4,6-7,15-17,20,25-26,30-35,37,43-44,47,51H,5,8-14,18-19,21-24,27-29H2,1-2H3,(H,50,52)(H,55,59)/t32?,34?,35?,43-,44?,47?/m1/s1. The zero-order chi connectivity index (χ0) is 46.5. The fourth-order valence-electron chi connectivity index (χ4n) is 11.7. The second kappa shape index (κ2) is 18.5. The molecule has 16 nitrogen and oxygen atoms in total. The molecule has 2 aromatic rings. The fourth-order valence-corrected chi connectivity index (χ4v) is 13.6. The maximum atomic E-state index is 14.0. The molecule has 2 saturated heterocycles. The Labute approximate surface area is 394 Å². The number of hydrogen-bond acceptors (Lipinski definition) is 14. The van der Waals surface area contributed by atoms with Gasteiger partial charge in [0.15, 0.2) is 6.17 Å². The molecular formula is C49H63N9O7S2. The summed E-state index contributed by atoms with van der Waals surface area (Å²) in [6.07, 6.45) is 23.2. The van der Waals surface area contributed by atoms with Gasteiger partial charge in [-0.15, -0.1) is 0 Å². The number of anilines is 1. The minimum atomic E-state index is -4.59. The van der Waals surface area contributed by atoms with E-state index in [1.807, 2.05) is 24.4 Å². The molecule has 4 atom stereocenters. The van der Waals surface area contributed by atoms with Gasteiger partial charge in [0, 0.05) is 95.3 Å². The van der Waals surface area contributed by atoms with Crippen LogP contribution in [0.25, 0.3) is 0 Å². The Bertz CT molecular complexity index is 2660. The van der Waals surface area contributed by atoms with Crippen LogP contribution in [0.4, 0.5) is 5.69 Å². The van der Waals surface area contributed by atoms with Crippen LogP contribution >= 0.6 is 0 Å².